The summed E-state index contributed by atoms with van der Waals surface area (Å²) in [4.78, 5) is 17.4. The molecular weight excluding hydrogens is 172 g/mol. The van der Waals surface area contributed by atoms with E-state index < -0.39 is 0 Å². The van der Waals surface area contributed by atoms with Gasteiger partial charge in [-0.05, 0) is 6.42 Å². The first kappa shape index (κ1) is 10.3. The second-order valence-electron chi connectivity index (χ2n) is 3.75. The first-order chi connectivity index (χ1) is 6.11. The maximum Gasteiger partial charge on any atom is 0.341 e. The number of carbonyl (C=O) groups is 1. The molecule has 0 aromatic carbocycles. The van der Waals surface area contributed by atoms with Gasteiger partial charge in [-0.1, -0.05) is 6.92 Å². The van der Waals surface area contributed by atoms with Crippen molar-refractivity contribution in [2.24, 2.45) is 5.41 Å². The predicted octanol–water partition coefficient (Wildman–Crippen LogP) is -0.0383. The molecule has 2 N–H and O–H groups in total. The molecule has 1 rings (SSSR count). The molecule has 0 aromatic rings. The number of amides is 2. The van der Waals surface area contributed by atoms with Crippen molar-refractivity contribution in [3.8, 4) is 0 Å². The van der Waals surface area contributed by atoms with Crippen molar-refractivity contribution in [3.05, 3.63) is 0 Å². The number of nitrogens with zero attached hydrogens (tertiary/aromatic N) is 1. The lowest BCUT2D eigenvalue weighted by Gasteiger charge is -2.21. The summed E-state index contributed by atoms with van der Waals surface area (Å²) in [7, 11) is 1.40. The summed E-state index contributed by atoms with van der Waals surface area (Å²) in [6.45, 7) is 3.34. The Morgan fingerprint density at radius 2 is 2.46 bits per heavy atom. The summed E-state index contributed by atoms with van der Waals surface area (Å²) in [5.41, 5.74) is 2.11. The fraction of sp³-hybridized carbons (Fsp3) is 0.875. The van der Waals surface area contributed by atoms with Crippen molar-refractivity contribution in [2.75, 3.05) is 26.8 Å². The van der Waals surface area contributed by atoms with E-state index in [1.807, 2.05) is 6.92 Å². The molecule has 0 bridgehead atoms. The number of carbonyl (C=O) groups excluding carboxylic acids is 1. The number of aliphatic hydroxyl groups excluding tert-OH is 1. The number of hydrogen-bond donors (Lipinski definition) is 2. The first-order valence-corrected chi connectivity index (χ1v) is 4.30. The minimum atomic E-state index is -0.236. The molecule has 76 valence electrons. The lowest BCUT2D eigenvalue weighted by atomic mass is 9.91. The number of hydroxylamine groups is 1. The molecule has 5 nitrogen and oxygen atoms in total. The Balaban J connectivity index is 2.45. The van der Waals surface area contributed by atoms with Crippen molar-refractivity contribution in [1.82, 2.24) is 10.4 Å². The van der Waals surface area contributed by atoms with Crippen molar-refractivity contribution >= 4 is 6.03 Å². The van der Waals surface area contributed by atoms with Crippen molar-refractivity contribution in [2.45, 2.75) is 13.3 Å². The van der Waals surface area contributed by atoms with Crippen LogP contribution in [0.5, 0.6) is 0 Å². The van der Waals surface area contributed by atoms with Crippen molar-refractivity contribution < 1.29 is 14.7 Å². The van der Waals surface area contributed by atoms with Gasteiger partial charge in [-0.2, -0.15) is 0 Å². The highest BCUT2D eigenvalue weighted by atomic mass is 16.6. The van der Waals surface area contributed by atoms with E-state index in [1.54, 1.807) is 4.90 Å². The van der Waals surface area contributed by atoms with E-state index in [0.29, 0.717) is 13.1 Å². The molecule has 1 fully saturated rings. The van der Waals surface area contributed by atoms with Gasteiger partial charge in [0.2, 0.25) is 0 Å². The zero-order valence-corrected chi connectivity index (χ0v) is 8.04. The molecule has 13 heavy (non-hydrogen) atoms. The Morgan fingerprint density at radius 1 is 1.77 bits per heavy atom. The van der Waals surface area contributed by atoms with E-state index in [1.165, 1.54) is 7.11 Å². The summed E-state index contributed by atoms with van der Waals surface area (Å²) >= 11 is 0. The van der Waals surface area contributed by atoms with E-state index in [9.17, 15) is 4.79 Å². The van der Waals surface area contributed by atoms with Gasteiger partial charge in [0, 0.05) is 18.5 Å². The van der Waals surface area contributed by atoms with Gasteiger partial charge in [0.1, 0.15) is 0 Å². The molecule has 1 unspecified atom stereocenters. The number of nitrogens with one attached hydrogen (secondary N) is 1. The highest BCUT2D eigenvalue weighted by Gasteiger charge is 2.35. The molecule has 0 aliphatic carbocycles. The van der Waals surface area contributed by atoms with E-state index in [0.717, 1.165) is 6.42 Å². The Kier molecular flexibility index (Phi) is 3.11. The van der Waals surface area contributed by atoms with Gasteiger partial charge < -0.3 is 10.0 Å². The van der Waals surface area contributed by atoms with Crippen LogP contribution in [0.15, 0.2) is 0 Å². The summed E-state index contributed by atoms with van der Waals surface area (Å²) in [5, 5.41) is 9.07. The molecule has 2 amide bonds. The third kappa shape index (κ3) is 2.32. The van der Waals surface area contributed by atoms with Gasteiger partial charge in [-0.15, -0.1) is 0 Å². The molecular formula is C8H16N2O3. The largest absolute Gasteiger partial charge is 0.396 e. The zero-order valence-electron chi connectivity index (χ0n) is 8.04. The normalized spacial score (nSPS) is 27.8. The van der Waals surface area contributed by atoms with Gasteiger partial charge in [0.05, 0.1) is 13.7 Å². The average Bonchev–Trinajstić information content (AvgIpc) is 2.50. The van der Waals surface area contributed by atoms with Crippen molar-refractivity contribution in [3.63, 3.8) is 0 Å². The summed E-state index contributed by atoms with van der Waals surface area (Å²) in [5.74, 6) is 0. The SMILES string of the molecule is CONC(=O)N1CCC(C)(CO)C1. The fourth-order valence-corrected chi connectivity index (χ4v) is 1.48. The number of likely N-dealkylation sites (tertiary alicyclic amines) is 1. The molecule has 1 atom stereocenters. The predicted molar refractivity (Wildman–Crippen MR) is 46.9 cm³/mol. The summed E-state index contributed by atoms with van der Waals surface area (Å²) in [6, 6.07) is -0.236. The Bertz CT molecular complexity index is 198. The number of aliphatic hydroxyl groups is 1. The molecule has 1 heterocycles. The quantitative estimate of drug-likeness (QED) is 0.598. The Labute approximate surface area is 77.6 Å². The molecule has 0 aromatic heterocycles. The molecule has 0 saturated carbocycles. The van der Waals surface area contributed by atoms with Gasteiger partial charge in [-0.3, -0.25) is 4.84 Å². The van der Waals surface area contributed by atoms with Crippen LogP contribution in [0.2, 0.25) is 0 Å². The molecule has 0 spiro atoms. The maximum atomic E-state index is 11.3. The van der Waals surface area contributed by atoms with Gasteiger partial charge in [0.25, 0.3) is 0 Å². The second kappa shape index (κ2) is 3.93. The van der Waals surface area contributed by atoms with E-state index in [-0.39, 0.29) is 18.1 Å². The van der Waals surface area contributed by atoms with Crippen molar-refractivity contribution in [1.29, 1.82) is 0 Å². The van der Waals surface area contributed by atoms with E-state index in [2.05, 4.69) is 10.3 Å². The minimum Gasteiger partial charge on any atom is -0.396 e. The van der Waals surface area contributed by atoms with Gasteiger partial charge >= 0.3 is 6.03 Å². The summed E-state index contributed by atoms with van der Waals surface area (Å²) in [6.07, 6.45) is 0.834. The van der Waals surface area contributed by atoms with E-state index in [4.69, 9.17) is 5.11 Å². The van der Waals surface area contributed by atoms with Crippen LogP contribution in [0.1, 0.15) is 13.3 Å². The molecule has 1 saturated heterocycles. The fourth-order valence-electron chi connectivity index (χ4n) is 1.48. The molecule has 1 aliphatic rings. The van der Waals surface area contributed by atoms with Crippen LogP contribution in [0, 0.1) is 5.41 Å². The smallest absolute Gasteiger partial charge is 0.341 e. The Hall–Kier alpha value is -0.810. The lowest BCUT2D eigenvalue weighted by Crippen LogP contribution is -2.39. The standard InChI is InChI=1S/C8H16N2O3/c1-8(6-11)3-4-10(5-8)7(12)9-13-2/h11H,3-6H2,1-2H3,(H,9,12). The third-order valence-corrected chi connectivity index (χ3v) is 2.42. The summed E-state index contributed by atoms with van der Waals surface area (Å²) < 4.78 is 0. The second-order valence-corrected chi connectivity index (χ2v) is 3.75. The minimum absolute atomic E-state index is 0.115. The molecule has 5 heteroatoms. The number of rotatable bonds is 2. The highest BCUT2D eigenvalue weighted by Crippen LogP contribution is 2.28. The van der Waals surface area contributed by atoms with Gasteiger partial charge in [-0.25, -0.2) is 10.3 Å². The first-order valence-electron chi connectivity index (χ1n) is 4.30. The zero-order chi connectivity index (χ0) is 9.90. The number of urea groups is 1. The maximum absolute atomic E-state index is 11.3. The van der Waals surface area contributed by atoms with Crippen LogP contribution in [0.4, 0.5) is 4.79 Å². The highest BCUT2D eigenvalue weighted by molar-refractivity contribution is 5.73. The van der Waals surface area contributed by atoms with Crippen LogP contribution in [0.3, 0.4) is 0 Å². The monoisotopic (exact) mass is 188 g/mol. The topological polar surface area (TPSA) is 61.8 Å². The lowest BCUT2D eigenvalue weighted by molar-refractivity contribution is 0.0858. The van der Waals surface area contributed by atoms with Crippen LogP contribution < -0.4 is 5.48 Å². The van der Waals surface area contributed by atoms with Crippen LogP contribution in [0.25, 0.3) is 0 Å². The van der Waals surface area contributed by atoms with Gasteiger partial charge in [0.15, 0.2) is 0 Å². The third-order valence-electron chi connectivity index (χ3n) is 2.42. The molecule has 1 aliphatic heterocycles. The van der Waals surface area contributed by atoms with Crippen LogP contribution in [-0.4, -0.2) is 42.8 Å². The van der Waals surface area contributed by atoms with E-state index >= 15 is 0 Å². The van der Waals surface area contributed by atoms with Crippen LogP contribution in [-0.2, 0) is 4.84 Å². The number of hydrogen-bond acceptors (Lipinski definition) is 3. The van der Waals surface area contributed by atoms with Crippen LogP contribution >= 0.6 is 0 Å². The Morgan fingerprint density at radius 3 is 2.92 bits per heavy atom. The molecule has 0 radical (unpaired) electrons. The average molecular weight is 188 g/mol.